The second kappa shape index (κ2) is 8.43. The first kappa shape index (κ1) is 19.2. The lowest BCUT2D eigenvalue weighted by Crippen LogP contribution is -2.28. The highest BCUT2D eigenvalue weighted by atomic mass is 19.4. The molecule has 7 heteroatoms. The number of nitrogens with one attached hydrogen (secondary N) is 2. The standard InChI is InChI=1S/C20H21F3N2O2/c21-20(22,23)13-27-18-9-5-15(6-10-18)19(26)25-17-7-3-14(4-8-17)16-2-1-11-24-12-16/h3-10,16,24H,1-2,11-13H2,(H,25,26). The van der Waals surface area contributed by atoms with Crippen LogP contribution in [-0.2, 0) is 0 Å². The summed E-state index contributed by atoms with van der Waals surface area (Å²) in [4.78, 5) is 12.3. The normalized spacial score (nSPS) is 17.4. The van der Waals surface area contributed by atoms with Gasteiger partial charge in [-0.05, 0) is 67.3 Å². The van der Waals surface area contributed by atoms with E-state index in [-0.39, 0.29) is 11.7 Å². The molecule has 1 atom stereocenters. The monoisotopic (exact) mass is 378 g/mol. The van der Waals surface area contributed by atoms with E-state index in [1.54, 1.807) is 0 Å². The van der Waals surface area contributed by atoms with Crippen molar-refractivity contribution in [3.8, 4) is 5.75 Å². The van der Waals surface area contributed by atoms with E-state index in [9.17, 15) is 18.0 Å². The second-order valence-electron chi connectivity index (χ2n) is 6.55. The van der Waals surface area contributed by atoms with E-state index in [4.69, 9.17) is 0 Å². The van der Waals surface area contributed by atoms with E-state index in [2.05, 4.69) is 15.4 Å². The fourth-order valence-electron chi connectivity index (χ4n) is 3.05. The van der Waals surface area contributed by atoms with Crippen LogP contribution in [0.2, 0.25) is 0 Å². The molecule has 0 spiro atoms. The number of anilines is 1. The Hall–Kier alpha value is -2.54. The summed E-state index contributed by atoms with van der Waals surface area (Å²) in [6.07, 6.45) is -2.08. The topological polar surface area (TPSA) is 50.4 Å². The summed E-state index contributed by atoms with van der Waals surface area (Å²) in [5.74, 6) is 0.228. The Bertz CT molecular complexity index is 752. The smallest absolute Gasteiger partial charge is 0.422 e. The zero-order chi connectivity index (χ0) is 19.3. The predicted molar refractivity (Wildman–Crippen MR) is 97.2 cm³/mol. The molecule has 3 rings (SSSR count). The van der Waals surface area contributed by atoms with Crippen molar-refractivity contribution in [1.29, 1.82) is 0 Å². The van der Waals surface area contributed by atoms with Crippen molar-refractivity contribution in [3.05, 3.63) is 59.7 Å². The minimum Gasteiger partial charge on any atom is -0.484 e. The highest BCUT2D eigenvalue weighted by molar-refractivity contribution is 6.04. The Kier molecular flexibility index (Phi) is 6.01. The molecule has 4 nitrogen and oxygen atoms in total. The van der Waals surface area contributed by atoms with E-state index in [1.165, 1.54) is 29.8 Å². The van der Waals surface area contributed by atoms with Crippen LogP contribution in [0.5, 0.6) is 5.75 Å². The molecule has 1 heterocycles. The minimum absolute atomic E-state index is 0.0642. The average molecular weight is 378 g/mol. The van der Waals surface area contributed by atoms with Crippen LogP contribution < -0.4 is 15.4 Å². The van der Waals surface area contributed by atoms with Crippen molar-refractivity contribution in [2.45, 2.75) is 24.9 Å². The molecular formula is C20H21F3N2O2. The van der Waals surface area contributed by atoms with Gasteiger partial charge in [-0.2, -0.15) is 13.2 Å². The lowest BCUT2D eigenvalue weighted by atomic mass is 9.91. The number of halogens is 3. The Balaban J connectivity index is 1.56. The number of benzene rings is 2. The molecule has 2 aromatic rings. The molecule has 2 aromatic carbocycles. The van der Waals surface area contributed by atoms with Crippen LogP contribution in [0.25, 0.3) is 0 Å². The van der Waals surface area contributed by atoms with Crippen molar-refractivity contribution in [1.82, 2.24) is 5.32 Å². The number of carbonyl (C=O) groups excluding carboxylic acids is 1. The molecule has 2 N–H and O–H groups in total. The molecule has 0 aromatic heterocycles. The van der Waals surface area contributed by atoms with Crippen molar-refractivity contribution in [2.24, 2.45) is 0 Å². The van der Waals surface area contributed by atoms with Gasteiger partial charge < -0.3 is 15.4 Å². The SMILES string of the molecule is O=C(Nc1ccc(C2CCCNC2)cc1)c1ccc(OCC(F)(F)F)cc1. The molecule has 1 amide bonds. The predicted octanol–water partition coefficient (Wildman–Crippen LogP) is 4.35. The van der Waals surface area contributed by atoms with Crippen LogP contribution in [-0.4, -0.2) is 31.8 Å². The average Bonchev–Trinajstić information content (AvgIpc) is 2.67. The first-order chi connectivity index (χ1) is 12.9. The maximum absolute atomic E-state index is 12.3. The Labute approximate surface area is 155 Å². The third-order valence-corrected chi connectivity index (χ3v) is 4.46. The molecule has 144 valence electrons. The van der Waals surface area contributed by atoms with Gasteiger partial charge in [0.2, 0.25) is 0 Å². The fourth-order valence-corrected chi connectivity index (χ4v) is 3.05. The summed E-state index contributed by atoms with van der Waals surface area (Å²) in [5, 5.41) is 6.17. The van der Waals surface area contributed by atoms with Crippen molar-refractivity contribution < 1.29 is 22.7 Å². The highest BCUT2D eigenvalue weighted by Crippen LogP contribution is 2.25. The lowest BCUT2D eigenvalue weighted by Gasteiger charge is -2.23. The number of hydrogen-bond acceptors (Lipinski definition) is 3. The first-order valence-electron chi connectivity index (χ1n) is 8.82. The van der Waals surface area contributed by atoms with Gasteiger partial charge in [0.05, 0.1) is 0 Å². The summed E-state index contributed by atoms with van der Waals surface area (Å²) in [6.45, 7) is 0.667. The largest absolute Gasteiger partial charge is 0.484 e. The van der Waals surface area contributed by atoms with Crippen LogP contribution in [0.4, 0.5) is 18.9 Å². The molecule has 1 saturated heterocycles. The van der Waals surface area contributed by atoms with Gasteiger partial charge in [0, 0.05) is 17.8 Å². The van der Waals surface area contributed by atoms with Gasteiger partial charge in [0.1, 0.15) is 5.75 Å². The molecule has 1 aliphatic rings. The maximum Gasteiger partial charge on any atom is 0.422 e. The molecule has 1 aliphatic heterocycles. The van der Waals surface area contributed by atoms with E-state index < -0.39 is 12.8 Å². The van der Waals surface area contributed by atoms with Crippen LogP contribution in [0.3, 0.4) is 0 Å². The number of alkyl halides is 3. The molecule has 1 unspecified atom stereocenters. The lowest BCUT2D eigenvalue weighted by molar-refractivity contribution is -0.153. The van der Waals surface area contributed by atoms with Crippen LogP contribution >= 0.6 is 0 Å². The van der Waals surface area contributed by atoms with Crippen molar-refractivity contribution in [2.75, 3.05) is 25.0 Å². The fraction of sp³-hybridized carbons (Fsp3) is 0.350. The summed E-state index contributed by atoms with van der Waals surface area (Å²) in [6, 6.07) is 13.3. The van der Waals surface area contributed by atoms with Crippen LogP contribution in [0, 0.1) is 0 Å². The van der Waals surface area contributed by atoms with E-state index >= 15 is 0 Å². The van der Waals surface area contributed by atoms with Gasteiger partial charge >= 0.3 is 6.18 Å². The van der Waals surface area contributed by atoms with Gasteiger partial charge in [-0.3, -0.25) is 4.79 Å². The molecule has 1 fully saturated rings. The number of rotatable bonds is 5. The summed E-state index contributed by atoms with van der Waals surface area (Å²) >= 11 is 0. The van der Waals surface area contributed by atoms with Crippen molar-refractivity contribution >= 4 is 11.6 Å². The molecular weight excluding hydrogens is 357 g/mol. The maximum atomic E-state index is 12.3. The molecule has 0 bridgehead atoms. The summed E-state index contributed by atoms with van der Waals surface area (Å²) in [5.41, 5.74) is 2.26. The highest BCUT2D eigenvalue weighted by Gasteiger charge is 2.28. The van der Waals surface area contributed by atoms with Crippen molar-refractivity contribution in [3.63, 3.8) is 0 Å². The second-order valence-corrected chi connectivity index (χ2v) is 6.55. The van der Waals surface area contributed by atoms with Gasteiger partial charge in [-0.1, -0.05) is 12.1 Å². The number of piperidine rings is 1. The number of ether oxygens (including phenoxy) is 1. The van der Waals surface area contributed by atoms with Gasteiger partial charge in [0.15, 0.2) is 6.61 Å². The van der Waals surface area contributed by atoms with Crippen LogP contribution in [0.15, 0.2) is 48.5 Å². The van der Waals surface area contributed by atoms with E-state index in [0.29, 0.717) is 17.2 Å². The number of carbonyl (C=O) groups is 1. The third-order valence-electron chi connectivity index (χ3n) is 4.46. The Morgan fingerprint density at radius 1 is 1.11 bits per heavy atom. The van der Waals surface area contributed by atoms with Gasteiger partial charge in [0.25, 0.3) is 5.91 Å². The third kappa shape index (κ3) is 5.72. The molecule has 0 aliphatic carbocycles. The molecule has 0 radical (unpaired) electrons. The zero-order valence-corrected chi connectivity index (χ0v) is 14.7. The Morgan fingerprint density at radius 3 is 2.41 bits per heavy atom. The molecule has 27 heavy (non-hydrogen) atoms. The first-order valence-corrected chi connectivity index (χ1v) is 8.82. The summed E-state index contributed by atoms with van der Waals surface area (Å²) in [7, 11) is 0. The van der Waals surface area contributed by atoms with E-state index in [0.717, 1.165) is 25.9 Å². The minimum atomic E-state index is -4.39. The van der Waals surface area contributed by atoms with Crippen LogP contribution in [0.1, 0.15) is 34.7 Å². The van der Waals surface area contributed by atoms with Gasteiger partial charge in [-0.15, -0.1) is 0 Å². The molecule has 0 saturated carbocycles. The number of amides is 1. The van der Waals surface area contributed by atoms with Gasteiger partial charge in [-0.25, -0.2) is 0 Å². The summed E-state index contributed by atoms with van der Waals surface area (Å²) < 4.78 is 41.1. The van der Waals surface area contributed by atoms with E-state index in [1.807, 2.05) is 24.3 Å². The Morgan fingerprint density at radius 2 is 1.81 bits per heavy atom. The number of hydrogen-bond donors (Lipinski definition) is 2. The quantitative estimate of drug-likeness (QED) is 0.813. The zero-order valence-electron chi connectivity index (χ0n) is 14.7.